The van der Waals surface area contributed by atoms with Crippen molar-refractivity contribution in [2.24, 2.45) is 0 Å². The third-order valence-electron chi connectivity index (χ3n) is 6.33. The average Bonchev–Trinajstić information content (AvgIpc) is 2.62. The summed E-state index contributed by atoms with van der Waals surface area (Å²) in [5.41, 5.74) is 3.83. The van der Waals surface area contributed by atoms with E-state index in [-0.39, 0.29) is 5.04 Å². The second kappa shape index (κ2) is 7.71. The SMILES string of the molecule is CCCCCCc1cccc2c1Oc1ccccc1N2[Si](C)(C)C(C)(C)C. The van der Waals surface area contributed by atoms with E-state index in [9.17, 15) is 0 Å². The third kappa shape index (κ3) is 3.80. The Morgan fingerprint density at radius 3 is 2.30 bits per heavy atom. The summed E-state index contributed by atoms with van der Waals surface area (Å²) in [4.78, 5) is 0. The summed E-state index contributed by atoms with van der Waals surface area (Å²) in [6, 6.07) is 15.3. The van der Waals surface area contributed by atoms with E-state index >= 15 is 0 Å². The molecule has 0 radical (unpaired) electrons. The van der Waals surface area contributed by atoms with Crippen molar-refractivity contribution in [3.05, 3.63) is 48.0 Å². The molecule has 0 amide bonds. The van der Waals surface area contributed by atoms with Gasteiger partial charge in [0.1, 0.15) is 5.75 Å². The molecule has 0 spiro atoms. The van der Waals surface area contributed by atoms with Crippen molar-refractivity contribution in [2.45, 2.75) is 77.9 Å². The van der Waals surface area contributed by atoms with Crippen LogP contribution in [0.2, 0.25) is 18.1 Å². The molecule has 0 N–H and O–H groups in total. The quantitative estimate of drug-likeness (QED) is 0.370. The molecule has 0 aromatic heterocycles. The van der Waals surface area contributed by atoms with Crippen LogP contribution in [0, 0.1) is 0 Å². The van der Waals surface area contributed by atoms with Crippen LogP contribution in [-0.4, -0.2) is 8.24 Å². The minimum absolute atomic E-state index is 0.242. The number of fused-ring (bicyclic) bond motifs is 2. The maximum Gasteiger partial charge on any atom is 0.162 e. The first kappa shape index (κ1) is 20.0. The van der Waals surface area contributed by atoms with Gasteiger partial charge in [-0.15, -0.1) is 0 Å². The van der Waals surface area contributed by atoms with Gasteiger partial charge in [0, 0.05) is 0 Å². The monoisotopic (exact) mass is 381 g/mol. The smallest absolute Gasteiger partial charge is 0.162 e. The molecule has 1 heterocycles. The van der Waals surface area contributed by atoms with Crippen LogP contribution < -0.4 is 9.30 Å². The summed E-state index contributed by atoms with van der Waals surface area (Å²) in [6.07, 6.45) is 6.21. The van der Waals surface area contributed by atoms with E-state index in [4.69, 9.17) is 4.74 Å². The van der Waals surface area contributed by atoms with Crippen molar-refractivity contribution >= 4 is 19.6 Å². The number of rotatable bonds is 6. The van der Waals surface area contributed by atoms with Crippen LogP contribution in [0.1, 0.15) is 58.9 Å². The Kier molecular flexibility index (Phi) is 5.71. The lowest BCUT2D eigenvalue weighted by molar-refractivity contribution is 0.469. The number of benzene rings is 2. The number of anilines is 2. The minimum atomic E-state index is -1.82. The highest BCUT2D eigenvalue weighted by molar-refractivity contribution is 6.85. The normalized spacial score (nSPS) is 13.8. The Bertz CT molecular complexity index is 791. The van der Waals surface area contributed by atoms with Crippen molar-refractivity contribution in [3.8, 4) is 11.5 Å². The predicted octanol–water partition coefficient (Wildman–Crippen LogP) is 8.06. The largest absolute Gasteiger partial charge is 0.453 e. The summed E-state index contributed by atoms with van der Waals surface area (Å²) < 4.78 is 9.12. The standard InChI is InChI=1S/C24H35NOSi/c1-7-8-9-10-14-19-15-13-17-21-23(19)26-22-18-12-11-16-20(22)25(21)27(5,6)24(2,3)4/h11-13,15-18H,7-10,14H2,1-6H3. The number of unbranched alkanes of at least 4 members (excludes halogenated alkanes) is 3. The van der Waals surface area contributed by atoms with Gasteiger partial charge >= 0.3 is 0 Å². The Labute approximate surface area is 166 Å². The first-order chi connectivity index (χ1) is 12.8. The van der Waals surface area contributed by atoms with E-state index in [1.165, 1.54) is 42.6 Å². The zero-order valence-electron chi connectivity index (χ0n) is 17.9. The van der Waals surface area contributed by atoms with Gasteiger partial charge in [-0.05, 0) is 41.6 Å². The Hall–Kier alpha value is -1.74. The molecular weight excluding hydrogens is 346 g/mol. The van der Waals surface area contributed by atoms with Gasteiger partial charge in [0.2, 0.25) is 0 Å². The highest BCUT2D eigenvalue weighted by Crippen LogP contribution is 2.54. The van der Waals surface area contributed by atoms with Crippen molar-refractivity contribution in [1.82, 2.24) is 0 Å². The highest BCUT2D eigenvalue weighted by atomic mass is 28.3. The molecule has 2 nitrogen and oxygen atoms in total. The minimum Gasteiger partial charge on any atom is -0.453 e. The van der Waals surface area contributed by atoms with Gasteiger partial charge in [-0.25, -0.2) is 0 Å². The topological polar surface area (TPSA) is 12.5 Å². The molecule has 1 aliphatic rings. The molecule has 3 rings (SSSR count). The van der Waals surface area contributed by atoms with Crippen molar-refractivity contribution < 1.29 is 4.74 Å². The molecule has 0 saturated heterocycles. The van der Waals surface area contributed by atoms with Crippen LogP contribution in [-0.2, 0) is 6.42 Å². The highest BCUT2D eigenvalue weighted by Gasteiger charge is 2.45. The predicted molar refractivity (Wildman–Crippen MR) is 120 cm³/mol. The zero-order valence-corrected chi connectivity index (χ0v) is 18.9. The number of nitrogens with zero attached hydrogens (tertiary/aromatic N) is 1. The third-order valence-corrected chi connectivity index (χ3v) is 11.6. The van der Waals surface area contributed by atoms with Gasteiger partial charge in [-0.1, -0.05) is 84.3 Å². The fraction of sp³-hybridized carbons (Fsp3) is 0.500. The van der Waals surface area contributed by atoms with Gasteiger partial charge in [-0.3, -0.25) is 0 Å². The molecule has 27 heavy (non-hydrogen) atoms. The van der Waals surface area contributed by atoms with E-state index in [1.807, 2.05) is 0 Å². The van der Waals surface area contributed by atoms with Gasteiger partial charge in [0.25, 0.3) is 0 Å². The number of para-hydroxylation sites is 3. The number of hydrogen-bond acceptors (Lipinski definition) is 2. The first-order valence-corrected chi connectivity index (χ1v) is 13.4. The molecule has 0 fully saturated rings. The number of hydrogen-bond donors (Lipinski definition) is 0. The molecule has 0 aliphatic carbocycles. The molecule has 146 valence electrons. The second-order valence-electron chi connectivity index (χ2n) is 9.29. The van der Waals surface area contributed by atoms with Crippen molar-refractivity contribution in [3.63, 3.8) is 0 Å². The van der Waals surface area contributed by atoms with Crippen LogP contribution in [0.4, 0.5) is 11.4 Å². The summed E-state index contributed by atoms with van der Waals surface area (Å²) in [6.45, 7) is 14.4. The molecule has 1 aliphatic heterocycles. The van der Waals surface area contributed by atoms with Crippen LogP contribution >= 0.6 is 0 Å². The summed E-state index contributed by atoms with van der Waals surface area (Å²) >= 11 is 0. The summed E-state index contributed by atoms with van der Waals surface area (Å²) in [7, 11) is -1.82. The summed E-state index contributed by atoms with van der Waals surface area (Å²) in [5, 5.41) is 0.242. The maximum atomic E-state index is 6.48. The Morgan fingerprint density at radius 2 is 1.59 bits per heavy atom. The van der Waals surface area contributed by atoms with Crippen LogP contribution in [0.25, 0.3) is 0 Å². The number of ether oxygens (including phenoxy) is 1. The van der Waals surface area contributed by atoms with Gasteiger partial charge in [-0.2, -0.15) is 0 Å². The first-order valence-electron chi connectivity index (χ1n) is 10.5. The molecule has 0 saturated carbocycles. The fourth-order valence-corrected chi connectivity index (χ4v) is 5.95. The maximum absolute atomic E-state index is 6.48. The fourth-order valence-electron chi connectivity index (χ4n) is 3.71. The molecular formula is C24H35NOSi. The van der Waals surface area contributed by atoms with E-state index < -0.39 is 8.24 Å². The summed E-state index contributed by atoms with van der Waals surface area (Å²) in [5.74, 6) is 2.08. The molecule has 0 unspecified atom stereocenters. The van der Waals surface area contributed by atoms with Gasteiger partial charge in [0.05, 0.1) is 11.4 Å². The van der Waals surface area contributed by atoms with Crippen LogP contribution in [0.5, 0.6) is 11.5 Å². The molecule has 3 heteroatoms. The van der Waals surface area contributed by atoms with E-state index in [1.54, 1.807) is 0 Å². The van der Waals surface area contributed by atoms with Crippen molar-refractivity contribution in [2.75, 3.05) is 4.57 Å². The lowest BCUT2D eigenvalue weighted by Crippen LogP contribution is -2.53. The van der Waals surface area contributed by atoms with Crippen molar-refractivity contribution in [1.29, 1.82) is 0 Å². The average molecular weight is 382 g/mol. The zero-order chi connectivity index (χ0) is 19.7. The molecule has 2 aromatic carbocycles. The van der Waals surface area contributed by atoms with Gasteiger partial charge in [0.15, 0.2) is 14.0 Å². The van der Waals surface area contributed by atoms with E-state index in [0.29, 0.717) is 0 Å². The van der Waals surface area contributed by atoms with E-state index in [2.05, 4.69) is 87.8 Å². The number of aryl methyl sites for hydroxylation is 1. The lowest BCUT2D eigenvalue weighted by Gasteiger charge is -2.49. The van der Waals surface area contributed by atoms with Gasteiger partial charge < -0.3 is 9.30 Å². The molecule has 2 aromatic rings. The molecule has 0 atom stereocenters. The molecule has 0 bridgehead atoms. The van der Waals surface area contributed by atoms with Crippen LogP contribution in [0.3, 0.4) is 0 Å². The van der Waals surface area contributed by atoms with E-state index in [0.717, 1.165) is 17.9 Å². The Morgan fingerprint density at radius 1 is 0.889 bits per heavy atom. The van der Waals surface area contributed by atoms with Crippen LogP contribution in [0.15, 0.2) is 42.5 Å². The second-order valence-corrected chi connectivity index (χ2v) is 14.4. The lowest BCUT2D eigenvalue weighted by atomic mass is 10.0. The Balaban J connectivity index is 2.07.